The van der Waals surface area contributed by atoms with Gasteiger partial charge < -0.3 is 15.7 Å². The fourth-order valence-corrected chi connectivity index (χ4v) is 2.23. The standard InChI is InChI=1S/C17H14ClN3O3/c18-14-3-1-2-12(7-14)17(24)21-9-13-5-4-11(8-19)6-15(13)20-10-16(22)23/h1-7,20H,9-10H2,(H,21,24)(H,22,23). The zero-order chi connectivity index (χ0) is 17.5. The molecule has 0 saturated heterocycles. The topological polar surface area (TPSA) is 102 Å². The second-order valence-electron chi connectivity index (χ2n) is 4.92. The molecule has 24 heavy (non-hydrogen) atoms. The summed E-state index contributed by atoms with van der Waals surface area (Å²) in [5.74, 6) is -1.32. The Morgan fingerprint density at radius 2 is 2.00 bits per heavy atom. The molecule has 1 amide bonds. The first-order valence-electron chi connectivity index (χ1n) is 7.02. The number of carboxylic acid groups (broad SMARTS) is 1. The fourth-order valence-electron chi connectivity index (χ4n) is 2.04. The number of nitrogens with one attached hydrogen (secondary N) is 2. The molecule has 2 aromatic carbocycles. The van der Waals surface area contributed by atoms with Crippen LogP contribution >= 0.6 is 11.6 Å². The molecule has 0 unspecified atom stereocenters. The molecule has 3 N–H and O–H groups in total. The second-order valence-corrected chi connectivity index (χ2v) is 5.36. The molecule has 0 radical (unpaired) electrons. The van der Waals surface area contributed by atoms with Gasteiger partial charge in [-0.15, -0.1) is 0 Å². The second kappa shape index (κ2) is 7.99. The van der Waals surface area contributed by atoms with Crippen LogP contribution in [-0.4, -0.2) is 23.5 Å². The summed E-state index contributed by atoms with van der Waals surface area (Å²) in [7, 11) is 0. The van der Waals surface area contributed by atoms with Crippen LogP contribution in [0.4, 0.5) is 5.69 Å². The van der Waals surface area contributed by atoms with E-state index in [2.05, 4.69) is 10.6 Å². The summed E-state index contributed by atoms with van der Waals surface area (Å²) in [4.78, 5) is 22.8. The zero-order valence-corrected chi connectivity index (χ0v) is 13.3. The quantitative estimate of drug-likeness (QED) is 0.748. The van der Waals surface area contributed by atoms with E-state index in [0.29, 0.717) is 27.4 Å². The van der Waals surface area contributed by atoms with E-state index >= 15 is 0 Å². The molecule has 0 heterocycles. The highest BCUT2D eigenvalue weighted by molar-refractivity contribution is 6.30. The minimum atomic E-state index is -1.02. The van der Waals surface area contributed by atoms with E-state index in [1.165, 1.54) is 0 Å². The van der Waals surface area contributed by atoms with Gasteiger partial charge in [-0.05, 0) is 35.9 Å². The lowest BCUT2D eigenvalue weighted by Crippen LogP contribution is -2.24. The number of hydrogen-bond donors (Lipinski definition) is 3. The van der Waals surface area contributed by atoms with E-state index in [1.807, 2.05) is 6.07 Å². The van der Waals surface area contributed by atoms with Crippen molar-refractivity contribution >= 4 is 29.2 Å². The van der Waals surface area contributed by atoms with Crippen LogP contribution in [0.15, 0.2) is 42.5 Å². The lowest BCUT2D eigenvalue weighted by molar-refractivity contribution is -0.134. The van der Waals surface area contributed by atoms with E-state index < -0.39 is 5.97 Å². The van der Waals surface area contributed by atoms with E-state index in [4.69, 9.17) is 22.0 Å². The van der Waals surface area contributed by atoms with Crippen LogP contribution in [0, 0.1) is 11.3 Å². The maximum absolute atomic E-state index is 12.1. The number of halogens is 1. The molecule has 122 valence electrons. The van der Waals surface area contributed by atoms with E-state index in [1.54, 1.807) is 42.5 Å². The van der Waals surface area contributed by atoms with Crippen molar-refractivity contribution in [1.82, 2.24) is 5.32 Å². The summed E-state index contributed by atoms with van der Waals surface area (Å²) in [5.41, 5.74) is 1.98. The molecule has 0 saturated carbocycles. The van der Waals surface area contributed by atoms with Crippen LogP contribution in [-0.2, 0) is 11.3 Å². The van der Waals surface area contributed by atoms with Crippen molar-refractivity contribution in [3.05, 3.63) is 64.2 Å². The molecule has 7 heteroatoms. The van der Waals surface area contributed by atoms with Gasteiger partial charge in [-0.2, -0.15) is 5.26 Å². The van der Waals surface area contributed by atoms with E-state index in [9.17, 15) is 9.59 Å². The molecule has 6 nitrogen and oxygen atoms in total. The summed E-state index contributed by atoms with van der Waals surface area (Å²) < 4.78 is 0. The molecule has 0 fully saturated rings. The molecule has 0 aliphatic carbocycles. The predicted octanol–water partition coefficient (Wildman–Crippen LogP) is 2.64. The average Bonchev–Trinajstić information content (AvgIpc) is 2.58. The number of carboxylic acids is 1. The highest BCUT2D eigenvalue weighted by atomic mass is 35.5. The number of nitrogens with zero attached hydrogens (tertiary/aromatic N) is 1. The van der Waals surface area contributed by atoms with Crippen LogP contribution in [0.3, 0.4) is 0 Å². The first kappa shape index (κ1) is 17.3. The van der Waals surface area contributed by atoms with Gasteiger partial charge in [0.2, 0.25) is 0 Å². The van der Waals surface area contributed by atoms with Crippen LogP contribution in [0.5, 0.6) is 0 Å². The first-order valence-corrected chi connectivity index (χ1v) is 7.40. The number of hydrogen-bond acceptors (Lipinski definition) is 4. The van der Waals surface area contributed by atoms with Crippen molar-refractivity contribution in [2.75, 3.05) is 11.9 Å². The molecule has 2 rings (SSSR count). The van der Waals surface area contributed by atoms with Gasteiger partial charge >= 0.3 is 5.97 Å². The van der Waals surface area contributed by atoms with Crippen molar-refractivity contribution < 1.29 is 14.7 Å². The van der Waals surface area contributed by atoms with Crippen molar-refractivity contribution in [3.8, 4) is 6.07 Å². The van der Waals surface area contributed by atoms with Gasteiger partial charge in [0.15, 0.2) is 0 Å². The summed E-state index contributed by atoms with van der Waals surface area (Å²) in [6.45, 7) is -0.108. The van der Waals surface area contributed by atoms with E-state index in [0.717, 1.165) is 0 Å². The van der Waals surface area contributed by atoms with Gasteiger partial charge in [0.1, 0.15) is 6.54 Å². The van der Waals surface area contributed by atoms with Gasteiger partial charge in [-0.3, -0.25) is 9.59 Å². The van der Waals surface area contributed by atoms with Crippen molar-refractivity contribution in [3.63, 3.8) is 0 Å². The number of benzene rings is 2. The largest absolute Gasteiger partial charge is 0.480 e. The molecule has 0 bridgehead atoms. The number of carbonyl (C=O) groups is 2. The minimum absolute atomic E-state index is 0.180. The number of aliphatic carboxylic acids is 1. The molecular weight excluding hydrogens is 330 g/mol. The van der Waals surface area contributed by atoms with Crippen molar-refractivity contribution in [2.24, 2.45) is 0 Å². The Balaban J connectivity index is 2.12. The Morgan fingerprint density at radius 1 is 1.21 bits per heavy atom. The van der Waals surface area contributed by atoms with Crippen LogP contribution in [0.2, 0.25) is 5.02 Å². The molecular formula is C17H14ClN3O3. The Labute approximate surface area is 143 Å². The molecule has 2 aromatic rings. The van der Waals surface area contributed by atoms with Crippen molar-refractivity contribution in [1.29, 1.82) is 5.26 Å². The number of rotatable bonds is 6. The van der Waals surface area contributed by atoms with Crippen LogP contribution < -0.4 is 10.6 Å². The minimum Gasteiger partial charge on any atom is -0.480 e. The van der Waals surface area contributed by atoms with Gasteiger partial charge in [-0.25, -0.2) is 0 Å². The Bertz CT molecular complexity index is 815. The van der Waals surface area contributed by atoms with E-state index in [-0.39, 0.29) is 19.0 Å². The third-order valence-corrected chi connectivity index (χ3v) is 3.43. The lowest BCUT2D eigenvalue weighted by Gasteiger charge is -2.12. The van der Waals surface area contributed by atoms with Gasteiger partial charge in [-0.1, -0.05) is 23.7 Å². The maximum Gasteiger partial charge on any atom is 0.322 e. The van der Waals surface area contributed by atoms with Gasteiger partial charge in [0.05, 0.1) is 11.6 Å². The smallest absolute Gasteiger partial charge is 0.322 e. The Morgan fingerprint density at radius 3 is 2.67 bits per heavy atom. The number of carbonyl (C=O) groups excluding carboxylic acids is 1. The summed E-state index contributed by atoms with van der Waals surface area (Å²) in [6, 6.07) is 13.4. The zero-order valence-electron chi connectivity index (χ0n) is 12.5. The summed E-state index contributed by atoms with van der Waals surface area (Å²) in [6.07, 6.45) is 0. The van der Waals surface area contributed by atoms with Gasteiger partial charge in [0, 0.05) is 22.8 Å². The predicted molar refractivity (Wildman–Crippen MR) is 89.9 cm³/mol. The summed E-state index contributed by atoms with van der Waals surface area (Å²) in [5, 5.41) is 23.7. The fraction of sp³-hybridized carbons (Fsp3) is 0.118. The lowest BCUT2D eigenvalue weighted by atomic mass is 10.1. The number of nitriles is 1. The van der Waals surface area contributed by atoms with Crippen LogP contribution in [0.25, 0.3) is 0 Å². The maximum atomic E-state index is 12.1. The molecule has 0 aliphatic rings. The SMILES string of the molecule is N#Cc1ccc(CNC(=O)c2cccc(Cl)c2)c(NCC(=O)O)c1. The molecule has 0 aromatic heterocycles. The highest BCUT2D eigenvalue weighted by Crippen LogP contribution is 2.18. The number of anilines is 1. The summed E-state index contributed by atoms with van der Waals surface area (Å²) >= 11 is 5.86. The molecule has 0 spiro atoms. The third-order valence-electron chi connectivity index (χ3n) is 3.20. The van der Waals surface area contributed by atoms with Gasteiger partial charge in [0.25, 0.3) is 5.91 Å². The average molecular weight is 344 g/mol. The third kappa shape index (κ3) is 4.73. The molecule has 0 aliphatic heterocycles. The first-order chi connectivity index (χ1) is 11.5. The monoisotopic (exact) mass is 343 g/mol. The highest BCUT2D eigenvalue weighted by Gasteiger charge is 2.09. The normalized spacial score (nSPS) is 9.83. The number of amides is 1. The van der Waals surface area contributed by atoms with Crippen molar-refractivity contribution in [2.45, 2.75) is 6.54 Å². The Hall–Kier alpha value is -3.04. The van der Waals surface area contributed by atoms with Crippen LogP contribution in [0.1, 0.15) is 21.5 Å². The Kier molecular flexibility index (Phi) is 5.77. The molecule has 0 atom stereocenters.